The average molecular weight is 318 g/mol. The van der Waals surface area contributed by atoms with Crippen LogP contribution in [0.3, 0.4) is 0 Å². The van der Waals surface area contributed by atoms with E-state index in [1.807, 2.05) is 24.3 Å². The predicted octanol–water partition coefficient (Wildman–Crippen LogP) is 3.80. The van der Waals surface area contributed by atoms with E-state index in [0.29, 0.717) is 6.61 Å². The van der Waals surface area contributed by atoms with Crippen molar-refractivity contribution in [2.75, 3.05) is 13.7 Å². The van der Waals surface area contributed by atoms with Crippen LogP contribution in [0.15, 0.2) is 53.4 Å². The molecule has 0 bridgehead atoms. The van der Waals surface area contributed by atoms with Crippen molar-refractivity contribution in [3.05, 3.63) is 54.1 Å². The van der Waals surface area contributed by atoms with Crippen molar-refractivity contribution in [3.8, 4) is 11.5 Å². The lowest BCUT2D eigenvalue weighted by Gasteiger charge is -2.16. The predicted molar refractivity (Wildman–Crippen MR) is 86.3 cm³/mol. The normalized spacial score (nSPS) is 11.7. The zero-order valence-corrected chi connectivity index (χ0v) is 13.3. The third-order valence-electron chi connectivity index (χ3n) is 3.01. The molecule has 1 atom stereocenters. The first-order valence-electron chi connectivity index (χ1n) is 6.90. The minimum atomic E-state index is -0.463. The Kier molecular flexibility index (Phi) is 5.72. The highest BCUT2D eigenvalue weighted by Gasteiger charge is 2.23. The molecule has 4 nitrogen and oxygen atoms in total. The van der Waals surface area contributed by atoms with Gasteiger partial charge in [-0.25, -0.2) is 0 Å². The summed E-state index contributed by atoms with van der Waals surface area (Å²) in [5.41, 5.74) is 0.845. The molecule has 0 unspecified atom stereocenters. The van der Waals surface area contributed by atoms with Crippen LogP contribution >= 0.6 is 11.8 Å². The number of benzene rings is 2. The van der Waals surface area contributed by atoms with Gasteiger partial charge in [0.05, 0.1) is 13.7 Å². The van der Waals surface area contributed by atoms with Crippen molar-refractivity contribution >= 4 is 17.7 Å². The summed E-state index contributed by atoms with van der Waals surface area (Å²) in [5.74, 6) is 0.646. The maximum Gasteiger partial charge on any atom is 0.323 e. The molecular formula is C17H18O4S. The Balaban J connectivity index is 2.24. The molecule has 0 aliphatic rings. The molecule has 0 radical (unpaired) electrons. The molecule has 2 aromatic rings. The number of carbonyl (C=O) groups is 1. The molecule has 2 rings (SSSR count). The smallest absolute Gasteiger partial charge is 0.323 e. The molecular weight excluding hydrogens is 300 g/mol. The molecule has 0 amide bonds. The van der Waals surface area contributed by atoms with Crippen LogP contribution in [0.25, 0.3) is 0 Å². The SMILES string of the molecule is CCOC(=O)[C@H](Sc1ccc(O)cc1)c1ccc(OC)cc1. The highest BCUT2D eigenvalue weighted by molar-refractivity contribution is 8.00. The van der Waals surface area contributed by atoms with Gasteiger partial charge in [0.25, 0.3) is 0 Å². The lowest BCUT2D eigenvalue weighted by atomic mass is 10.1. The van der Waals surface area contributed by atoms with Crippen LogP contribution < -0.4 is 4.74 Å². The standard InChI is InChI=1S/C17H18O4S/c1-3-21-17(19)16(12-4-8-14(20-2)9-5-12)22-15-10-6-13(18)7-11-15/h4-11,16,18H,3H2,1-2H3/t16-/m1/s1. The Morgan fingerprint density at radius 1 is 1.14 bits per heavy atom. The van der Waals surface area contributed by atoms with Gasteiger partial charge in [-0.1, -0.05) is 12.1 Å². The molecule has 0 heterocycles. The van der Waals surface area contributed by atoms with E-state index in [1.54, 1.807) is 38.3 Å². The summed E-state index contributed by atoms with van der Waals surface area (Å²) in [4.78, 5) is 13.1. The number of phenols is 1. The summed E-state index contributed by atoms with van der Waals surface area (Å²) < 4.78 is 10.3. The van der Waals surface area contributed by atoms with Crippen molar-refractivity contribution in [3.63, 3.8) is 0 Å². The fourth-order valence-corrected chi connectivity index (χ4v) is 2.93. The number of aromatic hydroxyl groups is 1. The van der Waals surface area contributed by atoms with Gasteiger partial charge in [-0.15, -0.1) is 11.8 Å². The van der Waals surface area contributed by atoms with Gasteiger partial charge >= 0.3 is 5.97 Å². The minimum absolute atomic E-state index is 0.196. The van der Waals surface area contributed by atoms with E-state index in [9.17, 15) is 9.90 Å². The lowest BCUT2D eigenvalue weighted by Crippen LogP contribution is -2.13. The van der Waals surface area contributed by atoms with Crippen LogP contribution in [-0.4, -0.2) is 24.8 Å². The van der Waals surface area contributed by atoms with Crippen molar-refractivity contribution < 1.29 is 19.4 Å². The lowest BCUT2D eigenvalue weighted by molar-refractivity contribution is -0.142. The van der Waals surface area contributed by atoms with Gasteiger partial charge in [0, 0.05) is 4.90 Å². The first kappa shape index (κ1) is 16.2. The van der Waals surface area contributed by atoms with E-state index in [4.69, 9.17) is 9.47 Å². The zero-order chi connectivity index (χ0) is 15.9. The van der Waals surface area contributed by atoms with Gasteiger partial charge in [0.2, 0.25) is 0 Å². The van der Waals surface area contributed by atoms with E-state index >= 15 is 0 Å². The Bertz CT molecular complexity index is 608. The van der Waals surface area contributed by atoms with Crippen LogP contribution in [0.5, 0.6) is 11.5 Å². The van der Waals surface area contributed by atoms with Crippen molar-refractivity contribution in [2.45, 2.75) is 17.1 Å². The molecule has 0 saturated heterocycles. The highest BCUT2D eigenvalue weighted by Crippen LogP contribution is 2.37. The molecule has 116 valence electrons. The number of esters is 1. The van der Waals surface area contributed by atoms with E-state index in [-0.39, 0.29) is 11.7 Å². The quantitative estimate of drug-likeness (QED) is 0.648. The van der Waals surface area contributed by atoms with Crippen LogP contribution in [0.1, 0.15) is 17.7 Å². The maximum absolute atomic E-state index is 12.2. The monoisotopic (exact) mass is 318 g/mol. The first-order valence-corrected chi connectivity index (χ1v) is 7.78. The third-order valence-corrected chi connectivity index (χ3v) is 4.25. The van der Waals surface area contributed by atoms with E-state index < -0.39 is 5.25 Å². The maximum atomic E-state index is 12.2. The average Bonchev–Trinajstić information content (AvgIpc) is 2.54. The summed E-state index contributed by atoms with van der Waals surface area (Å²) in [5, 5.41) is 8.88. The number of phenolic OH excluding ortho intramolecular Hbond substituents is 1. The number of rotatable bonds is 6. The Hall–Kier alpha value is -2.14. The van der Waals surface area contributed by atoms with Gasteiger partial charge < -0.3 is 14.6 Å². The first-order chi connectivity index (χ1) is 10.6. The number of methoxy groups -OCH3 is 1. The highest BCUT2D eigenvalue weighted by atomic mass is 32.2. The number of carbonyl (C=O) groups excluding carboxylic acids is 1. The Labute approximate surface area is 134 Å². The fourth-order valence-electron chi connectivity index (χ4n) is 1.91. The zero-order valence-electron chi connectivity index (χ0n) is 12.5. The van der Waals surface area contributed by atoms with Crippen molar-refractivity contribution in [1.82, 2.24) is 0 Å². The number of hydrogen-bond donors (Lipinski definition) is 1. The molecule has 1 N–H and O–H groups in total. The summed E-state index contributed by atoms with van der Waals surface area (Å²) in [7, 11) is 1.60. The van der Waals surface area contributed by atoms with Gasteiger partial charge in [-0.3, -0.25) is 4.79 Å². The van der Waals surface area contributed by atoms with Crippen LogP contribution in [-0.2, 0) is 9.53 Å². The molecule has 0 fully saturated rings. The number of hydrogen-bond acceptors (Lipinski definition) is 5. The van der Waals surface area contributed by atoms with Crippen molar-refractivity contribution in [1.29, 1.82) is 0 Å². The van der Waals surface area contributed by atoms with Gasteiger partial charge in [-0.2, -0.15) is 0 Å². The van der Waals surface area contributed by atoms with E-state index in [0.717, 1.165) is 16.2 Å². The van der Waals surface area contributed by atoms with E-state index in [2.05, 4.69) is 0 Å². The molecule has 0 saturated carbocycles. The summed E-state index contributed by atoms with van der Waals surface area (Å²) >= 11 is 1.39. The Morgan fingerprint density at radius 3 is 2.32 bits per heavy atom. The number of ether oxygens (including phenoxy) is 2. The second-order valence-electron chi connectivity index (χ2n) is 4.52. The summed E-state index contributed by atoms with van der Waals surface area (Å²) in [6.07, 6.45) is 0. The largest absolute Gasteiger partial charge is 0.508 e. The Morgan fingerprint density at radius 2 is 1.77 bits per heavy atom. The fraction of sp³-hybridized carbons (Fsp3) is 0.235. The minimum Gasteiger partial charge on any atom is -0.508 e. The molecule has 22 heavy (non-hydrogen) atoms. The third kappa shape index (κ3) is 4.18. The van der Waals surface area contributed by atoms with Gasteiger partial charge in [-0.05, 0) is 48.9 Å². The molecule has 0 spiro atoms. The van der Waals surface area contributed by atoms with Gasteiger partial charge in [0.15, 0.2) is 0 Å². The summed E-state index contributed by atoms with van der Waals surface area (Å²) in [6, 6.07) is 14.1. The molecule has 0 aliphatic heterocycles. The topological polar surface area (TPSA) is 55.8 Å². The van der Waals surface area contributed by atoms with Crippen LogP contribution in [0, 0.1) is 0 Å². The van der Waals surface area contributed by atoms with Crippen molar-refractivity contribution in [2.24, 2.45) is 0 Å². The molecule has 5 heteroatoms. The van der Waals surface area contributed by atoms with E-state index in [1.165, 1.54) is 11.8 Å². The molecule has 0 aliphatic carbocycles. The second-order valence-corrected chi connectivity index (χ2v) is 5.70. The molecule has 0 aromatic heterocycles. The molecule has 2 aromatic carbocycles. The summed E-state index contributed by atoms with van der Waals surface area (Å²) in [6.45, 7) is 2.12. The second kappa shape index (κ2) is 7.75. The van der Waals surface area contributed by atoms with Crippen LogP contribution in [0.4, 0.5) is 0 Å². The number of thioether (sulfide) groups is 1. The van der Waals surface area contributed by atoms with Crippen LogP contribution in [0.2, 0.25) is 0 Å². The van der Waals surface area contributed by atoms with Gasteiger partial charge in [0.1, 0.15) is 16.7 Å².